The van der Waals surface area contributed by atoms with Gasteiger partial charge in [-0.3, -0.25) is 4.79 Å². The van der Waals surface area contributed by atoms with Crippen LogP contribution >= 0.6 is 0 Å². The lowest BCUT2D eigenvalue weighted by Crippen LogP contribution is -2.08. The summed E-state index contributed by atoms with van der Waals surface area (Å²) in [5.41, 5.74) is 0.124. The van der Waals surface area contributed by atoms with Crippen molar-refractivity contribution in [3.63, 3.8) is 0 Å². The van der Waals surface area contributed by atoms with Crippen LogP contribution in [-0.2, 0) is 23.9 Å². The molecule has 0 bridgehead atoms. The minimum atomic E-state index is -1.07. The van der Waals surface area contributed by atoms with Gasteiger partial charge >= 0.3 is 17.9 Å². The Balaban J connectivity index is 0. The second-order valence-corrected chi connectivity index (χ2v) is 3.92. The van der Waals surface area contributed by atoms with Gasteiger partial charge in [0, 0.05) is 12.5 Å². The number of hydrogen-bond acceptors (Lipinski definition) is 5. The summed E-state index contributed by atoms with van der Waals surface area (Å²) in [5.74, 6) is -1.97. The molecule has 21 heavy (non-hydrogen) atoms. The lowest BCUT2D eigenvalue weighted by molar-refractivity contribution is -0.138. The largest absolute Gasteiger partial charge is 0.478 e. The van der Waals surface area contributed by atoms with Crippen molar-refractivity contribution < 1.29 is 29.0 Å². The fraction of sp³-hybridized carbons (Fsp3) is 0.400. The summed E-state index contributed by atoms with van der Waals surface area (Å²) < 4.78 is 9.02. The molecular weight excluding hydrogens is 276 g/mol. The van der Waals surface area contributed by atoms with Crippen LogP contribution in [0.4, 0.5) is 0 Å². The number of unbranched alkanes of at least 4 members (excludes halogenated alkanes) is 1. The van der Waals surface area contributed by atoms with Gasteiger partial charge in [-0.25, -0.2) is 9.59 Å². The van der Waals surface area contributed by atoms with Crippen molar-refractivity contribution in [1.29, 1.82) is 0 Å². The molecule has 0 unspecified atom stereocenters. The molecule has 0 aliphatic carbocycles. The molecule has 0 saturated heterocycles. The van der Waals surface area contributed by atoms with Gasteiger partial charge in [-0.1, -0.05) is 26.5 Å². The average molecular weight is 298 g/mol. The molecule has 0 aromatic heterocycles. The average Bonchev–Trinajstić information content (AvgIpc) is 2.39. The van der Waals surface area contributed by atoms with Crippen molar-refractivity contribution >= 4 is 17.9 Å². The normalized spacial score (nSPS) is 9.76. The highest BCUT2D eigenvalue weighted by Gasteiger charge is 2.08. The van der Waals surface area contributed by atoms with E-state index in [0.29, 0.717) is 6.61 Å². The van der Waals surface area contributed by atoms with Gasteiger partial charge in [-0.05, 0) is 19.4 Å². The molecule has 0 rings (SSSR count). The zero-order valence-corrected chi connectivity index (χ0v) is 12.7. The van der Waals surface area contributed by atoms with E-state index >= 15 is 0 Å². The highest BCUT2D eigenvalue weighted by molar-refractivity contribution is 5.94. The quantitative estimate of drug-likeness (QED) is 0.255. The first-order chi connectivity index (χ1) is 9.76. The molecule has 0 fully saturated rings. The van der Waals surface area contributed by atoms with Gasteiger partial charge < -0.3 is 14.6 Å². The van der Waals surface area contributed by atoms with Crippen LogP contribution in [0.5, 0.6) is 0 Å². The van der Waals surface area contributed by atoms with Crippen molar-refractivity contribution in [2.24, 2.45) is 0 Å². The molecule has 0 aromatic carbocycles. The number of rotatable bonds is 7. The van der Waals surface area contributed by atoms with E-state index in [1.54, 1.807) is 0 Å². The third kappa shape index (κ3) is 13.9. The summed E-state index contributed by atoms with van der Waals surface area (Å²) >= 11 is 0. The number of hydrogen-bond donors (Lipinski definition) is 1. The number of esters is 2. The minimum Gasteiger partial charge on any atom is -0.478 e. The van der Waals surface area contributed by atoms with Crippen molar-refractivity contribution in [3.05, 3.63) is 36.6 Å². The number of carboxylic acids is 1. The lowest BCUT2D eigenvalue weighted by atomic mass is 10.2. The monoisotopic (exact) mass is 298 g/mol. The highest BCUT2D eigenvalue weighted by Crippen LogP contribution is 2.03. The van der Waals surface area contributed by atoms with Crippen LogP contribution < -0.4 is 0 Å². The van der Waals surface area contributed by atoms with E-state index in [2.05, 4.69) is 17.9 Å². The van der Waals surface area contributed by atoms with Crippen molar-refractivity contribution in [1.82, 2.24) is 0 Å². The summed E-state index contributed by atoms with van der Waals surface area (Å²) in [6.07, 6.45) is 4.03. The van der Waals surface area contributed by atoms with Crippen molar-refractivity contribution in [2.75, 3.05) is 6.61 Å². The number of carbonyl (C=O) groups is 3. The maximum Gasteiger partial charge on any atom is 0.337 e. The van der Waals surface area contributed by atoms with Gasteiger partial charge in [0.1, 0.15) is 0 Å². The summed E-state index contributed by atoms with van der Waals surface area (Å²) in [5, 5.41) is 8.57. The molecule has 118 valence electrons. The summed E-state index contributed by atoms with van der Waals surface area (Å²) in [6, 6.07) is 0. The minimum absolute atomic E-state index is 0.0611. The Hall–Kier alpha value is -2.37. The van der Waals surface area contributed by atoms with Crippen LogP contribution in [0.2, 0.25) is 0 Å². The molecule has 0 radical (unpaired) electrons. The molecule has 0 atom stereocenters. The topological polar surface area (TPSA) is 89.9 Å². The van der Waals surface area contributed by atoms with Gasteiger partial charge in [0.15, 0.2) is 0 Å². The fourth-order valence-corrected chi connectivity index (χ4v) is 0.901. The first-order valence-corrected chi connectivity index (χ1v) is 6.31. The standard InChI is InChI=1S/C11H16O4.C4H6O2/c1-4-5-6-15-11(14)9(3)7-8(2)10(12)13;1-3-6-4(2)5/h7H,3-6H2,1-2H3,(H,12,13);3H,1H2,2H3. The maximum absolute atomic E-state index is 11.2. The van der Waals surface area contributed by atoms with E-state index < -0.39 is 11.9 Å². The lowest BCUT2D eigenvalue weighted by Gasteiger charge is -2.03. The molecule has 0 aromatic rings. The molecule has 0 aliphatic rings. The second-order valence-electron chi connectivity index (χ2n) is 3.92. The Morgan fingerprint density at radius 2 is 1.81 bits per heavy atom. The Labute approximate surface area is 124 Å². The van der Waals surface area contributed by atoms with Crippen LogP contribution in [0, 0.1) is 0 Å². The van der Waals surface area contributed by atoms with Crippen LogP contribution in [-0.4, -0.2) is 29.6 Å². The molecule has 6 nitrogen and oxygen atoms in total. The van der Waals surface area contributed by atoms with Crippen LogP contribution in [0.1, 0.15) is 33.6 Å². The number of aliphatic carboxylic acids is 1. The Morgan fingerprint density at radius 3 is 2.14 bits per heavy atom. The third-order valence-corrected chi connectivity index (χ3v) is 1.97. The second kappa shape index (κ2) is 12.7. The molecule has 0 heterocycles. The van der Waals surface area contributed by atoms with Crippen LogP contribution in [0.3, 0.4) is 0 Å². The van der Waals surface area contributed by atoms with Gasteiger partial charge in [-0.2, -0.15) is 0 Å². The molecule has 0 amide bonds. The Kier molecular flexibility index (Phi) is 12.6. The number of ether oxygens (including phenoxy) is 2. The smallest absolute Gasteiger partial charge is 0.337 e. The van der Waals surface area contributed by atoms with Crippen LogP contribution in [0.15, 0.2) is 36.6 Å². The summed E-state index contributed by atoms with van der Waals surface area (Å²) in [7, 11) is 0. The van der Waals surface area contributed by atoms with Gasteiger partial charge in [0.25, 0.3) is 0 Å². The molecule has 1 N–H and O–H groups in total. The van der Waals surface area contributed by atoms with E-state index in [0.717, 1.165) is 19.1 Å². The highest BCUT2D eigenvalue weighted by atomic mass is 16.5. The van der Waals surface area contributed by atoms with Crippen molar-refractivity contribution in [3.8, 4) is 0 Å². The van der Waals surface area contributed by atoms with E-state index in [1.807, 2.05) is 6.92 Å². The molecule has 0 saturated carbocycles. The zero-order chi connectivity index (χ0) is 16.8. The van der Waals surface area contributed by atoms with E-state index in [9.17, 15) is 14.4 Å². The maximum atomic E-state index is 11.2. The molecular formula is C15H22O6. The van der Waals surface area contributed by atoms with Gasteiger partial charge in [-0.15, -0.1) is 0 Å². The first-order valence-electron chi connectivity index (χ1n) is 6.31. The number of carboxylic acid groups (broad SMARTS) is 1. The zero-order valence-electron chi connectivity index (χ0n) is 12.7. The van der Waals surface area contributed by atoms with Gasteiger partial charge in [0.2, 0.25) is 0 Å². The predicted molar refractivity (Wildman–Crippen MR) is 78.4 cm³/mol. The van der Waals surface area contributed by atoms with E-state index in [-0.39, 0.29) is 17.1 Å². The predicted octanol–water partition coefficient (Wildman–Crippen LogP) is 2.61. The Bertz CT molecular complexity index is 420. The Morgan fingerprint density at radius 1 is 1.24 bits per heavy atom. The SMILES string of the molecule is C=C(C=C(C)C(=O)O)C(=O)OCCCC.C=COC(C)=O. The third-order valence-electron chi connectivity index (χ3n) is 1.97. The fourth-order valence-electron chi connectivity index (χ4n) is 0.901. The van der Waals surface area contributed by atoms with Crippen LogP contribution in [0.25, 0.3) is 0 Å². The molecule has 6 heteroatoms. The van der Waals surface area contributed by atoms with Gasteiger partial charge in [0.05, 0.1) is 18.4 Å². The summed E-state index contributed by atoms with van der Waals surface area (Å²) in [4.78, 5) is 31.4. The first kappa shape index (κ1) is 20.9. The summed E-state index contributed by atoms with van der Waals surface area (Å²) in [6.45, 7) is 11.6. The van der Waals surface area contributed by atoms with E-state index in [1.165, 1.54) is 19.9 Å². The van der Waals surface area contributed by atoms with E-state index in [4.69, 9.17) is 9.84 Å². The molecule has 0 spiro atoms. The van der Waals surface area contributed by atoms with Crippen molar-refractivity contribution in [2.45, 2.75) is 33.6 Å². The molecule has 0 aliphatic heterocycles. The number of carbonyl (C=O) groups excluding carboxylic acids is 2.